The third-order valence-corrected chi connectivity index (χ3v) is 3.89. The summed E-state index contributed by atoms with van der Waals surface area (Å²) in [7, 11) is 0. The summed E-state index contributed by atoms with van der Waals surface area (Å²) in [6.07, 6.45) is 6.38. The van der Waals surface area contributed by atoms with E-state index in [0.29, 0.717) is 12.8 Å². The highest BCUT2D eigenvalue weighted by atomic mass is 16.5. The zero-order valence-electron chi connectivity index (χ0n) is 16.2. The van der Waals surface area contributed by atoms with Gasteiger partial charge in [0.05, 0.1) is 22.4 Å². The topological polar surface area (TPSA) is 58.9 Å². The summed E-state index contributed by atoms with van der Waals surface area (Å²) in [5.74, 6) is 2.32. The summed E-state index contributed by atoms with van der Waals surface area (Å²) in [5, 5.41) is 19.8. The first-order valence-corrected chi connectivity index (χ1v) is 8.25. The van der Waals surface area contributed by atoms with Crippen molar-refractivity contribution in [3.63, 3.8) is 0 Å². The maximum atomic E-state index is 10.1. The lowest BCUT2D eigenvalue weighted by atomic mass is 9.81. The van der Waals surface area contributed by atoms with Crippen LogP contribution in [0.4, 0.5) is 0 Å². The van der Waals surface area contributed by atoms with Crippen LogP contribution in [0.3, 0.4) is 0 Å². The van der Waals surface area contributed by atoms with Gasteiger partial charge in [-0.1, -0.05) is 5.92 Å². The van der Waals surface area contributed by atoms with E-state index in [0.717, 1.165) is 0 Å². The average molecular weight is 328 g/mol. The molecule has 0 heterocycles. The minimum atomic E-state index is -0.854. The van der Waals surface area contributed by atoms with Crippen LogP contribution in [0.15, 0.2) is 0 Å². The summed E-state index contributed by atoms with van der Waals surface area (Å²) >= 11 is 0. The number of aliphatic hydroxyl groups excluding tert-OH is 1. The zero-order chi connectivity index (χ0) is 18.5. The molecule has 0 aromatic rings. The Kier molecular flexibility index (Phi) is 7.78. The van der Waals surface area contributed by atoms with Crippen LogP contribution in [0.5, 0.6) is 0 Å². The Bertz CT molecular complexity index is 397. The van der Waals surface area contributed by atoms with Gasteiger partial charge in [-0.2, -0.15) is 0 Å². The van der Waals surface area contributed by atoms with Gasteiger partial charge in [0.1, 0.15) is 6.61 Å². The Morgan fingerprint density at radius 1 is 1.00 bits per heavy atom. The molecular weight excluding hydrogens is 292 g/mol. The molecule has 0 spiro atoms. The van der Waals surface area contributed by atoms with Crippen molar-refractivity contribution >= 4 is 0 Å². The normalized spacial score (nSPS) is 15.3. The lowest BCUT2D eigenvalue weighted by Crippen LogP contribution is -2.48. The number of terminal acetylenes is 1. The van der Waals surface area contributed by atoms with Crippen molar-refractivity contribution in [1.82, 2.24) is 0 Å². The van der Waals surface area contributed by atoms with Gasteiger partial charge in [-0.05, 0) is 61.8 Å². The second-order valence-corrected chi connectivity index (χ2v) is 8.79. The monoisotopic (exact) mass is 328 g/mol. The van der Waals surface area contributed by atoms with Crippen LogP contribution in [0.2, 0.25) is 0 Å². The number of hydrogen-bond donors (Lipinski definition) is 2. The van der Waals surface area contributed by atoms with E-state index in [4.69, 9.17) is 15.9 Å². The smallest absolute Gasteiger partial charge is 0.108 e. The molecule has 0 saturated heterocycles. The predicted octanol–water partition coefficient (Wildman–Crippen LogP) is 3.15. The van der Waals surface area contributed by atoms with Crippen molar-refractivity contribution in [1.29, 1.82) is 0 Å². The van der Waals surface area contributed by atoms with E-state index in [1.165, 1.54) is 0 Å². The lowest BCUT2D eigenvalue weighted by molar-refractivity contribution is -0.186. The van der Waals surface area contributed by atoms with Crippen LogP contribution < -0.4 is 0 Å². The Labute approximate surface area is 142 Å². The van der Waals surface area contributed by atoms with Crippen molar-refractivity contribution in [2.24, 2.45) is 5.92 Å². The molecule has 0 aliphatic carbocycles. The van der Waals surface area contributed by atoms with Gasteiger partial charge in [0.2, 0.25) is 0 Å². The van der Waals surface area contributed by atoms with E-state index in [1.54, 1.807) is 13.8 Å². The van der Waals surface area contributed by atoms with Crippen LogP contribution in [0.1, 0.15) is 68.2 Å². The summed E-state index contributed by atoms with van der Waals surface area (Å²) in [6.45, 7) is 15.6. The lowest BCUT2D eigenvalue weighted by Gasteiger charge is -2.44. The molecule has 0 aromatic carbocycles. The third-order valence-electron chi connectivity index (χ3n) is 3.89. The van der Waals surface area contributed by atoms with Crippen molar-refractivity contribution in [2.45, 2.75) is 90.6 Å². The molecule has 1 unspecified atom stereocenters. The minimum absolute atomic E-state index is 0.0376. The molecule has 0 aliphatic rings. The summed E-state index contributed by atoms with van der Waals surface area (Å²) in [5.41, 5.74) is -2.31. The average Bonchev–Trinajstić information content (AvgIpc) is 2.29. The molecule has 1 atom stereocenters. The Hall–Kier alpha value is -0.600. The second kappa shape index (κ2) is 7.98. The van der Waals surface area contributed by atoms with Gasteiger partial charge in [0.25, 0.3) is 0 Å². The number of hydrogen-bond acceptors (Lipinski definition) is 4. The van der Waals surface area contributed by atoms with E-state index in [2.05, 4.69) is 5.92 Å². The summed E-state index contributed by atoms with van der Waals surface area (Å²) in [6, 6.07) is 0. The summed E-state index contributed by atoms with van der Waals surface area (Å²) < 4.78 is 12.0. The molecule has 0 fully saturated rings. The fourth-order valence-electron chi connectivity index (χ4n) is 3.28. The van der Waals surface area contributed by atoms with Gasteiger partial charge < -0.3 is 19.7 Å². The largest absolute Gasteiger partial charge is 0.396 e. The van der Waals surface area contributed by atoms with Crippen LogP contribution in [0.25, 0.3) is 0 Å². The fraction of sp³-hybridized carbons (Fsp3) is 0.895. The highest BCUT2D eigenvalue weighted by Crippen LogP contribution is 2.36. The molecule has 0 amide bonds. The Morgan fingerprint density at radius 3 is 1.91 bits per heavy atom. The van der Waals surface area contributed by atoms with Crippen LogP contribution in [0, 0.1) is 18.3 Å². The molecular formula is C19H36O4. The van der Waals surface area contributed by atoms with Crippen LogP contribution in [-0.4, -0.2) is 45.8 Å². The molecule has 0 bridgehead atoms. The highest BCUT2D eigenvalue weighted by molar-refractivity contribution is 4.91. The quantitative estimate of drug-likeness (QED) is 0.605. The van der Waals surface area contributed by atoms with Crippen LogP contribution >= 0.6 is 0 Å². The summed E-state index contributed by atoms with van der Waals surface area (Å²) in [4.78, 5) is 0. The molecule has 0 aromatic heterocycles. The van der Waals surface area contributed by atoms with E-state index < -0.39 is 22.4 Å². The molecule has 4 heteroatoms. The van der Waals surface area contributed by atoms with Crippen LogP contribution in [-0.2, 0) is 9.47 Å². The maximum absolute atomic E-state index is 10.1. The molecule has 0 rings (SSSR count). The fourth-order valence-corrected chi connectivity index (χ4v) is 3.28. The molecule has 2 N–H and O–H groups in total. The third kappa shape index (κ3) is 9.32. The number of ether oxygens (including phenoxy) is 2. The first kappa shape index (κ1) is 22.4. The minimum Gasteiger partial charge on any atom is -0.396 e. The molecule has 0 aliphatic heterocycles. The van der Waals surface area contributed by atoms with Gasteiger partial charge in [0, 0.05) is 18.9 Å². The number of rotatable bonds is 10. The van der Waals surface area contributed by atoms with Gasteiger partial charge in [-0.25, -0.2) is 0 Å². The van der Waals surface area contributed by atoms with Crippen molar-refractivity contribution < 1.29 is 19.7 Å². The first-order valence-electron chi connectivity index (χ1n) is 8.25. The Balaban J connectivity index is 5.00. The molecule has 136 valence electrons. The van der Waals surface area contributed by atoms with Gasteiger partial charge in [0.15, 0.2) is 0 Å². The van der Waals surface area contributed by atoms with Crippen molar-refractivity contribution in [3.05, 3.63) is 0 Å². The zero-order valence-corrected chi connectivity index (χ0v) is 16.2. The van der Waals surface area contributed by atoms with E-state index in [-0.39, 0.29) is 19.1 Å². The van der Waals surface area contributed by atoms with Gasteiger partial charge in [-0.15, -0.1) is 6.42 Å². The predicted molar refractivity (Wildman–Crippen MR) is 94.2 cm³/mol. The van der Waals surface area contributed by atoms with Crippen molar-refractivity contribution in [2.75, 3.05) is 13.2 Å². The van der Waals surface area contributed by atoms with E-state index in [1.807, 2.05) is 41.5 Å². The molecule has 0 saturated carbocycles. The van der Waals surface area contributed by atoms with E-state index in [9.17, 15) is 10.2 Å². The molecule has 4 nitrogen and oxygen atoms in total. The SMILES string of the molecule is C#CCOC(C)(C)CC(C)(C)OC(C)(C)C(CO)CC(C)(C)O. The molecule has 23 heavy (non-hydrogen) atoms. The molecule has 0 radical (unpaired) electrons. The highest BCUT2D eigenvalue weighted by Gasteiger charge is 2.40. The van der Waals surface area contributed by atoms with E-state index >= 15 is 0 Å². The first-order chi connectivity index (χ1) is 10.1. The van der Waals surface area contributed by atoms with Gasteiger partial charge >= 0.3 is 0 Å². The van der Waals surface area contributed by atoms with Gasteiger partial charge in [-0.3, -0.25) is 0 Å². The maximum Gasteiger partial charge on any atom is 0.108 e. The van der Waals surface area contributed by atoms with Crippen molar-refractivity contribution in [3.8, 4) is 12.3 Å². The standard InChI is InChI=1S/C19H36O4/c1-10-11-22-17(4,5)14-18(6,7)23-19(8,9)15(13-20)12-16(2,3)21/h1,15,20-21H,11-14H2,2-9H3. The Morgan fingerprint density at radius 2 is 1.52 bits per heavy atom. The second-order valence-electron chi connectivity index (χ2n) is 8.79. The number of aliphatic hydroxyl groups is 2.